The van der Waals surface area contributed by atoms with Gasteiger partial charge in [-0.05, 0) is 72.4 Å². The highest BCUT2D eigenvalue weighted by atomic mass is 19.1. The molecule has 1 aliphatic carbocycles. The van der Waals surface area contributed by atoms with Crippen molar-refractivity contribution in [2.24, 2.45) is 5.41 Å². The molecule has 1 N–H and O–H groups in total. The Balaban J connectivity index is 0.920. The standard InChI is InChI=1S/C33H36FN5O2/c1-41-29-6-2-23(3-7-29)19-37-8-10-38(11-9-37)28-15-33(16-28)21-39(22-33)27-5-4-25(20-40)26(14-27)12-24-13-30-31(34)18-36-32(30)35-17-24/h2-7,13-14,17-18,20,28H,8-12,15-16,19,21-22H2,1H3,(H,35,36). The number of carbonyl (C=O) groups excluding carboxylic acids is 1. The third kappa shape index (κ3) is 5.11. The number of ether oxygens (including phenoxy) is 1. The van der Waals surface area contributed by atoms with Crippen LogP contribution in [0.15, 0.2) is 60.9 Å². The van der Waals surface area contributed by atoms with Gasteiger partial charge >= 0.3 is 0 Å². The van der Waals surface area contributed by atoms with Gasteiger partial charge in [0.1, 0.15) is 23.5 Å². The number of rotatable bonds is 8. The summed E-state index contributed by atoms with van der Waals surface area (Å²) in [5.74, 6) is 0.602. The average Bonchev–Trinajstić information content (AvgIpc) is 3.33. The fourth-order valence-electron chi connectivity index (χ4n) is 7.07. The van der Waals surface area contributed by atoms with Crippen LogP contribution in [-0.4, -0.2) is 78.5 Å². The number of piperazine rings is 1. The van der Waals surface area contributed by atoms with Crippen molar-refractivity contribution in [1.29, 1.82) is 0 Å². The summed E-state index contributed by atoms with van der Waals surface area (Å²) >= 11 is 0. The van der Waals surface area contributed by atoms with Gasteiger partial charge in [-0.1, -0.05) is 12.1 Å². The minimum absolute atomic E-state index is 0.307. The first kappa shape index (κ1) is 26.2. The number of benzene rings is 2. The molecule has 2 saturated heterocycles. The van der Waals surface area contributed by atoms with Gasteiger partial charge in [0.15, 0.2) is 0 Å². The normalized spacial score (nSPS) is 19.3. The molecular formula is C33H36FN5O2. The van der Waals surface area contributed by atoms with Crippen LogP contribution in [0, 0.1) is 11.2 Å². The van der Waals surface area contributed by atoms with Crippen molar-refractivity contribution in [3.63, 3.8) is 0 Å². The van der Waals surface area contributed by atoms with E-state index in [1.54, 1.807) is 13.3 Å². The number of aromatic amines is 1. The molecule has 0 bridgehead atoms. The maximum absolute atomic E-state index is 14.1. The minimum Gasteiger partial charge on any atom is -0.497 e. The molecule has 0 unspecified atom stereocenters. The largest absolute Gasteiger partial charge is 0.497 e. The quantitative estimate of drug-likeness (QED) is 0.313. The zero-order chi connectivity index (χ0) is 28.0. The maximum Gasteiger partial charge on any atom is 0.150 e. The van der Waals surface area contributed by atoms with Gasteiger partial charge in [-0.25, -0.2) is 9.37 Å². The predicted molar refractivity (Wildman–Crippen MR) is 158 cm³/mol. The number of methoxy groups -OCH3 is 1. The molecule has 2 aromatic carbocycles. The van der Waals surface area contributed by atoms with Gasteiger partial charge in [0.2, 0.25) is 0 Å². The van der Waals surface area contributed by atoms with E-state index in [4.69, 9.17) is 4.74 Å². The molecule has 3 fully saturated rings. The first-order chi connectivity index (χ1) is 20.0. The Morgan fingerprint density at radius 2 is 1.83 bits per heavy atom. The molecule has 3 aliphatic rings. The van der Waals surface area contributed by atoms with E-state index in [-0.39, 0.29) is 5.82 Å². The molecule has 1 saturated carbocycles. The van der Waals surface area contributed by atoms with Crippen LogP contribution in [0.5, 0.6) is 5.75 Å². The number of carbonyl (C=O) groups is 1. The van der Waals surface area contributed by atoms with Gasteiger partial charge in [0.05, 0.1) is 12.5 Å². The van der Waals surface area contributed by atoms with Crippen molar-refractivity contribution in [1.82, 2.24) is 19.8 Å². The Bertz CT molecular complexity index is 1550. The first-order valence-electron chi connectivity index (χ1n) is 14.5. The molecule has 212 valence electrons. The van der Waals surface area contributed by atoms with Crippen molar-refractivity contribution in [2.75, 3.05) is 51.3 Å². The molecule has 8 heteroatoms. The second-order valence-electron chi connectivity index (χ2n) is 12.1. The number of hydrogen-bond acceptors (Lipinski definition) is 6. The van der Waals surface area contributed by atoms with Crippen molar-refractivity contribution >= 4 is 23.0 Å². The Hall–Kier alpha value is -3.75. The Kier molecular flexibility index (Phi) is 6.75. The lowest BCUT2D eigenvalue weighted by Crippen LogP contribution is -2.68. The highest BCUT2D eigenvalue weighted by Crippen LogP contribution is 2.51. The smallest absolute Gasteiger partial charge is 0.150 e. The number of nitrogens with one attached hydrogen (secondary N) is 1. The zero-order valence-electron chi connectivity index (χ0n) is 23.5. The van der Waals surface area contributed by atoms with Crippen LogP contribution in [0.3, 0.4) is 0 Å². The topological polar surface area (TPSA) is 64.7 Å². The summed E-state index contributed by atoms with van der Waals surface area (Å²) < 4.78 is 19.3. The molecule has 2 aliphatic heterocycles. The predicted octanol–water partition coefficient (Wildman–Crippen LogP) is 4.90. The van der Waals surface area contributed by atoms with Crippen LogP contribution in [0.4, 0.5) is 10.1 Å². The summed E-state index contributed by atoms with van der Waals surface area (Å²) in [6.07, 6.45) is 7.08. The minimum atomic E-state index is -0.307. The fraction of sp³-hybridized carbons (Fsp3) is 0.394. The number of pyridine rings is 1. The second-order valence-corrected chi connectivity index (χ2v) is 12.1. The highest BCUT2D eigenvalue weighted by Gasteiger charge is 2.53. The van der Waals surface area contributed by atoms with Gasteiger partial charge in [0.25, 0.3) is 0 Å². The van der Waals surface area contributed by atoms with Gasteiger partial charge in [-0.15, -0.1) is 0 Å². The third-order valence-corrected chi connectivity index (χ3v) is 9.43. The van der Waals surface area contributed by atoms with E-state index in [9.17, 15) is 9.18 Å². The summed E-state index contributed by atoms with van der Waals surface area (Å²) in [5.41, 5.74) is 5.98. The van der Waals surface area contributed by atoms with Crippen molar-refractivity contribution in [3.8, 4) is 5.75 Å². The van der Waals surface area contributed by atoms with Crippen molar-refractivity contribution in [3.05, 3.63) is 89.0 Å². The Labute approximate surface area is 239 Å². The first-order valence-corrected chi connectivity index (χ1v) is 14.5. The molecule has 4 heterocycles. The van der Waals surface area contributed by atoms with Crippen LogP contribution in [0.2, 0.25) is 0 Å². The van der Waals surface area contributed by atoms with Crippen molar-refractivity contribution < 1.29 is 13.9 Å². The van der Waals surface area contributed by atoms with Gasteiger partial charge < -0.3 is 14.6 Å². The number of fused-ring (bicyclic) bond motifs is 1. The number of nitrogens with zero attached hydrogens (tertiary/aromatic N) is 4. The van der Waals surface area contributed by atoms with E-state index >= 15 is 0 Å². The van der Waals surface area contributed by atoms with Crippen LogP contribution >= 0.6 is 0 Å². The molecule has 4 aromatic rings. The molecule has 1 spiro atoms. The summed E-state index contributed by atoms with van der Waals surface area (Å²) in [5, 5.41) is 0.481. The number of anilines is 1. The van der Waals surface area contributed by atoms with E-state index in [2.05, 4.69) is 48.9 Å². The lowest BCUT2D eigenvalue weighted by Gasteiger charge is -2.62. The zero-order valence-corrected chi connectivity index (χ0v) is 23.5. The number of aromatic nitrogens is 2. The van der Waals surface area contributed by atoms with Crippen molar-refractivity contribution in [2.45, 2.75) is 31.8 Å². The van der Waals surface area contributed by atoms with Gasteiger partial charge in [-0.2, -0.15) is 0 Å². The molecule has 41 heavy (non-hydrogen) atoms. The maximum atomic E-state index is 14.1. The van der Waals surface area contributed by atoms with E-state index in [1.807, 2.05) is 24.3 Å². The van der Waals surface area contributed by atoms with E-state index in [0.29, 0.717) is 34.5 Å². The second kappa shape index (κ2) is 10.6. The Morgan fingerprint density at radius 1 is 1.05 bits per heavy atom. The molecule has 7 rings (SSSR count). The number of aldehydes is 1. The Morgan fingerprint density at radius 3 is 2.56 bits per heavy atom. The van der Waals surface area contributed by atoms with Crippen LogP contribution in [0.1, 0.15) is 39.9 Å². The summed E-state index contributed by atoms with van der Waals surface area (Å²) in [6, 6.07) is 17.0. The average molecular weight is 554 g/mol. The highest BCUT2D eigenvalue weighted by molar-refractivity contribution is 5.80. The number of H-pyrrole nitrogens is 1. The van der Waals surface area contributed by atoms with Gasteiger partial charge in [0, 0.05) is 80.9 Å². The monoisotopic (exact) mass is 553 g/mol. The molecule has 0 amide bonds. The van der Waals surface area contributed by atoms with Crippen LogP contribution in [-0.2, 0) is 13.0 Å². The van der Waals surface area contributed by atoms with E-state index in [0.717, 1.165) is 74.7 Å². The summed E-state index contributed by atoms with van der Waals surface area (Å²) in [7, 11) is 1.71. The lowest BCUT2D eigenvalue weighted by molar-refractivity contribution is -0.0380. The number of halogens is 1. The molecular weight excluding hydrogens is 517 g/mol. The molecule has 0 atom stereocenters. The van der Waals surface area contributed by atoms with Crippen LogP contribution < -0.4 is 9.64 Å². The molecule has 7 nitrogen and oxygen atoms in total. The lowest BCUT2D eigenvalue weighted by atomic mass is 9.60. The third-order valence-electron chi connectivity index (χ3n) is 9.43. The molecule has 2 aromatic heterocycles. The molecule has 0 radical (unpaired) electrons. The van der Waals surface area contributed by atoms with E-state index in [1.165, 1.54) is 24.6 Å². The number of hydrogen-bond donors (Lipinski definition) is 1. The summed E-state index contributed by atoms with van der Waals surface area (Å²) in [6.45, 7) is 7.67. The fourth-order valence-corrected chi connectivity index (χ4v) is 7.07. The summed E-state index contributed by atoms with van der Waals surface area (Å²) in [4.78, 5) is 26.7. The van der Waals surface area contributed by atoms with Gasteiger partial charge in [-0.3, -0.25) is 14.6 Å². The van der Waals surface area contributed by atoms with Crippen LogP contribution in [0.25, 0.3) is 11.0 Å². The van der Waals surface area contributed by atoms with E-state index < -0.39 is 0 Å². The SMILES string of the molecule is COc1ccc(CN2CCN(C3CC4(C3)CN(c3ccc(C=O)c(Cc5cnc6[nH]cc(F)c6c5)c3)C4)CC2)cc1.